The Labute approximate surface area is 484 Å². The first-order chi connectivity index (χ1) is 40.5. The smallest absolute Gasteiger partial charge is 0.350 e. The van der Waals surface area contributed by atoms with Gasteiger partial charge in [0.15, 0.2) is 23.5 Å². The zero-order valence-corrected chi connectivity index (χ0v) is 47.4. The van der Waals surface area contributed by atoms with Crippen LogP contribution >= 0.6 is 19.2 Å². The molecular weight excluding hydrogens is 1170 g/mol. The van der Waals surface area contributed by atoms with Crippen molar-refractivity contribution in [3.05, 3.63) is 70.9 Å². The molecule has 29 nitrogen and oxygen atoms in total. The summed E-state index contributed by atoms with van der Waals surface area (Å²) in [5, 5.41) is 39.0. The highest BCUT2D eigenvalue weighted by Crippen LogP contribution is 2.44. The van der Waals surface area contributed by atoms with Crippen LogP contribution in [0.2, 0.25) is 5.28 Å². The number of carbonyl (C=O) groups excluding carboxylic acids is 2. The van der Waals surface area contributed by atoms with Crippen LogP contribution in [-0.2, 0) is 76.4 Å². The number of piperidine rings is 1. The second-order valence-corrected chi connectivity index (χ2v) is 21.7. The molecule has 3 fully saturated rings. The van der Waals surface area contributed by atoms with Gasteiger partial charge in [-0.2, -0.15) is 20.2 Å². The molecule has 0 unspecified atom stereocenters. The number of esters is 1. The molecule has 3 aliphatic heterocycles. The van der Waals surface area contributed by atoms with Gasteiger partial charge in [0.05, 0.1) is 150 Å². The van der Waals surface area contributed by atoms with Gasteiger partial charge in [-0.15, -0.1) is 5.10 Å². The summed E-state index contributed by atoms with van der Waals surface area (Å²) in [6.07, 6.45) is 0.403. The number of aliphatic hydroxyl groups is 2. The van der Waals surface area contributed by atoms with Crippen LogP contribution in [0.3, 0.4) is 0 Å². The van der Waals surface area contributed by atoms with Gasteiger partial charge in [0, 0.05) is 49.9 Å². The van der Waals surface area contributed by atoms with E-state index in [1.165, 1.54) is 10.9 Å². The summed E-state index contributed by atoms with van der Waals surface area (Å²) in [6.45, 7) is 7.84. The Hall–Kier alpha value is -5.39. The van der Waals surface area contributed by atoms with Crippen LogP contribution in [0.25, 0.3) is 11.0 Å². The highest BCUT2D eigenvalue weighted by molar-refractivity contribution is 7.51. The first-order valence-corrected chi connectivity index (χ1v) is 29.2. The minimum absolute atomic E-state index is 0.0598. The second kappa shape index (κ2) is 31.8. The van der Waals surface area contributed by atoms with Gasteiger partial charge in [0.2, 0.25) is 11.0 Å². The molecule has 84 heavy (non-hydrogen) atoms. The van der Waals surface area contributed by atoms with Gasteiger partial charge >= 0.3 is 13.6 Å². The van der Waals surface area contributed by atoms with Crippen molar-refractivity contribution in [1.29, 1.82) is 0 Å². The predicted octanol–water partition coefficient (Wildman–Crippen LogP) is 1.53. The lowest BCUT2D eigenvalue weighted by Gasteiger charge is -2.55. The lowest BCUT2D eigenvalue weighted by Crippen LogP contribution is -2.64. The number of anilines is 1. The van der Waals surface area contributed by atoms with E-state index in [2.05, 4.69) is 35.2 Å². The van der Waals surface area contributed by atoms with E-state index in [-0.39, 0.29) is 61.7 Å². The predicted molar refractivity (Wildman–Crippen MR) is 283 cm³/mol. The number of aliphatic hydroxyl groups excluding tert-OH is 2. The highest BCUT2D eigenvalue weighted by Gasteiger charge is 2.49. The van der Waals surface area contributed by atoms with Crippen LogP contribution < -0.4 is 9.64 Å². The van der Waals surface area contributed by atoms with Crippen molar-refractivity contribution in [2.24, 2.45) is 5.41 Å². The number of fused-ring (bicyclic) bond motifs is 1. The van der Waals surface area contributed by atoms with Gasteiger partial charge in [-0.1, -0.05) is 5.21 Å². The maximum Gasteiger partial charge on any atom is 0.350 e. The molecule has 5 aromatic rings. The number of carbonyl (C=O) groups is 2. The average Bonchev–Trinajstić information content (AvgIpc) is 1.50. The Bertz CT molecular complexity index is 2920. The van der Waals surface area contributed by atoms with Crippen molar-refractivity contribution in [3.8, 4) is 5.75 Å². The topological polar surface area (TPSA) is 332 Å². The summed E-state index contributed by atoms with van der Waals surface area (Å²) >= 11 is 6.40. The van der Waals surface area contributed by atoms with Gasteiger partial charge in [-0.05, 0) is 30.5 Å². The number of nitrogens with zero attached hydrogens (tertiary/aromatic N) is 11. The monoisotopic (exact) mass is 1230 g/mol. The molecule has 4 atom stereocenters. The average molecular weight is 1230 g/mol. The standard InChI is InChI=1S/C50H68ClF3N11O18P/c51-49-56-45(36-26-55-65(46(36)57-49)48-43(68)42(67)40(82-48)29-81-33-84(70,71)72)62-31-50(32-62)4-1-5-61(30-50)47(69)39-2-6-63(59-39)7-10-74-13-16-77-20-21-79-22-23-80-28-35-27-64(60-58-35)8-11-75-14-17-78-19-18-76-15-12-73-9-3-41(66)83-44-37(53)24-34(52)25-38(44)54/h2,6,24-27,40,42-43,48,67-68H,1,3-5,7-23,28-33H2,(H2,70,71,72)/t40-,42-,43-,48-/m1/s1. The van der Waals surface area contributed by atoms with Gasteiger partial charge < -0.3 is 81.9 Å². The van der Waals surface area contributed by atoms with E-state index in [0.717, 1.165) is 12.8 Å². The van der Waals surface area contributed by atoms with Crippen LogP contribution in [0, 0.1) is 22.9 Å². The number of hydrogen-bond acceptors (Lipinski definition) is 23. The molecule has 4 aromatic heterocycles. The zero-order chi connectivity index (χ0) is 59.5. The Kier molecular flexibility index (Phi) is 24.5. The van der Waals surface area contributed by atoms with Crippen LogP contribution in [0.1, 0.15) is 41.7 Å². The normalized spacial score (nSPS) is 18.8. The van der Waals surface area contributed by atoms with E-state index in [9.17, 15) is 37.5 Å². The number of rotatable bonds is 37. The third kappa shape index (κ3) is 19.1. The van der Waals surface area contributed by atoms with Crippen molar-refractivity contribution >= 4 is 47.9 Å². The maximum absolute atomic E-state index is 13.7. The molecular formula is C50H68ClF3N11O18P. The molecule has 1 aromatic carbocycles. The molecule has 1 amide bonds. The molecule has 1 spiro atoms. The van der Waals surface area contributed by atoms with Crippen LogP contribution in [-0.4, -0.2) is 238 Å². The molecule has 0 saturated carbocycles. The molecule has 3 aliphatic rings. The summed E-state index contributed by atoms with van der Waals surface area (Å²) in [4.78, 5) is 56.3. The lowest BCUT2D eigenvalue weighted by atomic mass is 9.73. The van der Waals surface area contributed by atoms with E-state index < -0.39 is 67.7 Å². The first-order valence-electron chi connectivity index (χ1n) is 27.0. The van der Waals surface area contributed by atoms with E-state index >= 15 is 0 Å². The molecule has 464 valence electrons. The van der Waals surface area contributed by atoms with Crippen LogP contribution in [0.15, 0.2) is 36.8 Å². The minimum Gasteiger partial charge on any atom is -0.420 e. The number of benzene rings is 1. The SMILES string of the molecule is O=C(CCOCCOCCOCCOCCn1cc(COCCOCCOCCOCCn2ccc(C(=O)N3CCCC4(C3)CN(c3nc(Cl)nc5c3cnn5[C@@H]3O[C@H](COCP(=O)(O)O)[C@@H](O)[C@H]3O)C4)n2)nn1)Oc1c(F)cc(F)cc1F. The quantitative estimate of drug-likeness (QED) is 0.0144. The van der Waals surface area contributed by atoms with E-state index in [1.54, 1.807) is 27.8 Å². The van der Waals surface area contributed by atoms with Gasteiger partial charge in [0.25, 0.3) is 5.91 Å². The number of halogens is 4. The number of aromatic nitrogens is 9. The molecule has 3 saturated heterocycles. The third-order valence-corrected chi connectivity index (χ3v) is 14.0. The number of hydrogen-bond donors (Lipinski definition) is 4. The second-order valence-electron chi connectivity index (χ2n) is 19.7. The number of amides is 1. The molecule has 4 N–H and O–H groups in total. The zero-order valence-electron chi connectivity index (χ0n) is 45.7. The largest absolute Gasteiger partial charge is 0.420 e. The Morgan fingerprint density at radius 1 is 0.774 bits per heavy atom. The summed E-state index contributed by atoms with van der Waals surface area (Å²) in [5.74, 6) is -5.29. The lowest BCUT2D eigenvalue weighted by molar-refractivity contribution is -0.136. The van der Waals surface area contributed by atoms with E-state index in [4.69, 9.17) is 68.8 Å². The fraction of sp³-hybridized carbons (Fsp3) is 0.640. The van der Waals surface area contributed by atoms with E-state index in [0.29, 0.717) is 153 Å². The number of likely N-dealkylation sites (tertiary alicyclic amines) is 1. The Balaban J connectivity index is 0.595. The fourth-order valence-electron chi connectivity index (χ4n) is 9.36. The van der Waals surface area contributed by atoms with Gasteiger partial charge in [0.1, 0.15) is 47.7 Å². The van der Waals surface area contributed by atoms with Crippen molar-refractivity contribution in [2.45, 2.75) is 63.5 Å². The van der Waals surface area contributed by atoms with Crippen molar-refractivity contribution in [3.63, 3.8) is 0 Å². The maximum atomic E-state index is 13.7. The van der Waals surface area contributed by atoms with Crippen molar-refractivity contribution < 1.29 is 99.4 Å². The van der Waals surface area contributed by atoms with Crippen molar-refractivity contribution in [2.75, 3.05) is 143 Å². The molecule has 0 aliphatic carbocycles. The van der Waals surface area contributed by atoms with E-state index in [1.807, 2.05) is 9.80 Å². The summed E-state index contributed by atoms with van der Waals surface area (Å²) < 4.78 is 116. The van der Waals surface area contributed by atoms with Crippen LogP contribution in [0.4, 0.5) is 19.0 Å². The summed E-state index contributed by atoms with van der Waals surface area (Å²) in [7, 11) is -4.45. The molecule has 0 radical (unpaired) electrons. The molecule has 7 heterocycles. The first kappa shape index (κ1) is 64.6. The van der Waals surface area contributed by atoms with Gasteiger partial charge in [-0.3, -0.25) is 18.8 Å². The fourth-order valence-corrected chi connectivity index (χ4v) is 9.86. The minimum atomic E-state index is -4.45. The Morgan fingerprint density at radius 3 is 2.02 bits per heavy atom. The number of ether oxygens (including phenoxy) is 11. The highest BCUT2D eigenvalue weighted by atomic mass is 35.5. The third-order valence-electron chi connectivity index (χ3n) is 13.3. The molecule has 8 rings (SSSR count). The van der Waals surface area contributed by atoms with Crippen molar-refractivity contribution in [1.82, 2.24) is 49.4 Å². The van der Waals surface area contributed by atoms with Gasteiger partial charge in [-0.25, -0.2) is 22.5 Å². The summed E-state index contributed by atoms with van der Waals surface area (Å²) in [5.41, 5.74) is 1.06. The molecule has 34 heteroatoms. The van der Waals surface area contributed by atoms with Crippen LogP contribution in [0.5, 0.6) is 5.75 Å². The summed E-state index contributed by atoms with van der Waals surface area (Å²) in [6, 6.07) is 2.54. The Morgan fingerprint density at radius 2 is 1.38 bits per heavy atom. The molecule has 0 bridgehead atoms.